The van der Waals surface area contributed by atoms with Gasteiger partial charge in [-0.25, -0.2) is 9.59 Å². The van der Waals surface area contributed by atoms with Crippen LogP contribution >= 0.6 is 0 Å². The number of aliphatic hydroxyl groups is 4. The molecule has 206 valence electrons. The van der Waals surface area contributed by atoms with Crippen LogP contribution in [0.4, 0.5) is 4.79 Å². The summed E-state index contributed by atoms with van der Waals surface area (Å²) in [7, 11) is 0. The Morgan fingerprint density at radius 3 is 2.49 bits per heavy atom. The van der Waals surface area contributed by atoms with Crippen LogP contribution in [0.5, 0.6) is 0 Å². The van der Waals surface area contributed by atoms with Crippen LogP contribution in [0, 0.1) is 23.2 Å². The number of nitrogens with zero attached hydrogens (tertiary/aromatic N) is 1. The van der Waals surface area contributed by atoms with Gasteiger partial charge in [0.25, 0.3) is 0 Å². The Morgan fingerprint density at radius 1 is 1.05 bits per heavy atom. The van der Waals surface area contributed by atoms with Gasteiger partial charge in [-0.3, -0.25) is 0 Å². The highest BCUT2D eigenvalue weighted by Crippen LogP contribution is 2.68. The molecule has 5 fully saturated rings. The van der Waals surface area contributed by atoms with Gasteiger partial charge in [0.05, 0.1) is 17.3 Å². The number of carbonyl (C=O) groups excluding carboxylic acids is 2. The molecular weight excluding hydrogens is 478 g/mol. The van der Waals surface area contributed by atoms with Crippen molar-refractivity contribution in [1.82, 2.24) is 4.90 Å². The topological polar surface area (TPSA) is 137 Å². The van der Waals surface area contributed by atoms with Crippen LogP contribution in [0.2, 0.25) is 0 Å². The molecule has 0 aromatic heterocycles. The standard InChI is InChI=1S/C28H41NO8/c1-25-8-5-21-20(27(25,34)10-7-19(25)17-13-23(31)36-16-17)6-9-26(33)15-18(14-22(30)28(21,26)35)37-24(32)29-11-3-2-4-12-29/h13,18-22,30,33-35H,2-12,14-16H2,1H3. The predicted octanol–water partition coefficient (Wildman–Crippen LogP) is 2.04. The average Bonchev–Trinajstić information content (AvgIpc) is 3.41. The number of rotatable bonds is 2. The SMILES string of the molecule is CC12CCC3C(CCC4(O)CC(OC(=O)N5CCCCC5)CC(O)C34O)C1(O)CCC2C1=CC(=O)OC1. The van der Waals surface area contributed by atoms with Crippen LogP contribution in [-0.4, -0.2) is 86.1 Å². The fourth-order valence-electron chi connectivity index (χ4n) is 9.45. The first kappa shape index (κ1) is 25.6. The van der Waals surface area contributed by atoms with Crippen molar-refractivity contribution < 1.29 is 39.5 Å². The maximum Gasteiger partial charge on any atom is 0.410 e. The molecule has 0 aromatic rings. The second-order valence-electron chi connectivity index (χ2n) is 12.9. The van der Waals surface area contributed by atoms with Gasteiger partial charge in [0, 0.05) is 37.4 Å². The zero-order chi connectivity index (χ0) is 26.2. The molecule has 0 aromatic carbocycles. The Hall–Kier alpha value is -1.68. The first-order valence-corrected chi connectivity index (χ1v) is 14.2. The molecule has 9 atom stereocenters. The van der Waals surface area contributed by atoms with Crippen molar-refractivity contribution in [1.29, 1.82) is 0 Å². The molecule has 2 heterocycles. The summed E-state index contributed by atoms with van der Waals surface area (Å²) in [5.74, 6) is -1.08. The monoisotopic (exact) mass is 519 g/mol. The summed E-state index contributed by atoms with van der Waals surface area (Å²) in [4.78, 5) is 26.2. The first-order chi connectivity index (χ1) is 17.5. The minimum atomic E-state index is -1.79. The summed E-state index contributed by atoms with van der Waals surface area (Å²) in [5.41, 5.74) is -4.02. The number of esters is 1. The molecule has 9 heteroatoms. The number of hydrogen-bond acceptors (Lipinski definition) is 8. The van der Waals surface area contributed by atoms with Crippen molar-refractivity contribution in [3.63, 3.8) is 0 Å². The largest absolute Gasteiger partial charge is 0.458 e. The highest BCUT2D eigenvalue weighted by atomic mass is 16.6. The number of ether oxygens (including phenoxy) is 2. The minimum absolute atomic E-state index is 0.0233. The first-order valence-electron chi connectivity index (χ1n) is 14.2. The van der Waals surface area contributed by atoms with E-state index in [0.29, 0.717) is 38.8 Å². The summed E-state index contributed by atoms with van der Waals surface area (Å²) in [6, 6.07) is 0. The smallest absolute Gasteiger partial charge is 0.410 e. The Bertz CT molecular complexity index is 995. The van der Waals surface area contributed by atoms with E-state index in [1.54, 1.807) is 11.0 Å². The summed E-state index contributed by atoms with van der Waals surface area (Å²) in [6.45, 7) is 3.66. The van der Waals surface area contributed by atoms with Crippen molar-refractivity contribution >= 4 is 12.1 Å². The Kier molecular flexibility index (Phi) is 5.99. The molecule has 6 aliphatic rings. The van der Waals surface area contributed by atoms with E-state index in [-0.39, 0.29) is 43.7 Å². The van der Waals surface area contributed by atoms with Crippen LogP contribution in [0.1, 0.15) is 77.6 Å². The van der Waals surface area contributed by atoms with Gasteiger partial charge in [-0.15, -0.1) is 0 Å². The lowest BCUT2D eigenvalue weighted by Gasteiger charge is -2.65. The van der Waals surface area contributed by atoms with Gasteiger partial charge in [-0.05, 0) is 81.1 Å². The molecule has 6 rings (SSSR count). The van der Waals surface area contributed by atoms with Crippen LogP contribution in [-0.2, 0) is 14.3 Å². The van der Waals surface area contributed by atoms with Crippen LogP contribution in [0.3, 0.4) is 0 Å². The lowest BCUT2D eigenvalue weighted by Crippen LogP contribution is -2.76. The normalized spacial score (nSPS) is 49.4. The quantitative estimate of drug-likeness (QED) is 0.407. The lowest BCUT2D eigenvalue weighted by molar-refractivity contribution is -0.317. The number of hydrogen-bond donors (Lipinski definition) is 4. The second kappa shape index (κ2) is 8.66. The molecule has 9 unspecified atom stereocenters. The van der Waals surface area contributed by atoms with E-state index in [1.807, 2.05) is 0 Å². The highest BCUT2D eigenvalue weighted by molar-refractivity contribution is 5.85. The number of amides is 1. The van der Waals surface area contributed by atoms with Crippen molar-refractivity contribution in [3.05, 3.63) is 11.6 Å². The number of piperidine rings is 1. The number of likely N-dealkylation sites (tertiary alicyclic amines) is 1. The molecule has 1 amide bonds. The number of aliphatic hydroxyl groups excluding tert-OH is 1. The van der Waals surface area contributed by atoms with Crippen molar-refractivity contribution in [2.24, 2.45) is 23.2 Å². The van der Waals surface area contributed by atoms with Gasteiger partial charge in [0.15, 0.2) is 0 Å². The average molecular weight is 520 g/mol. The van der Waals surface area contributed by atoms with Gasteiger partial charge >= 0.3 is 12.1 Å². The third-order valence-corrected chi connectivity index (χ3v) is 11.4. The molecule has 0 spiro atoms. The molecule has 4 N–H and O–H groups in total. The van der Waals surface area contributed by atoms with E-state index in [0.717, 1.165) is 31.3 Å². The molecule has 2 aliphatic heterocycles. The second-order valence-corrected chi connectivity index (χ2v) is 12.9. The van der Waals surface area contributed by atoms with Crippen LogP contribution < -0.4 is 0 Å². The van der Waals surface area contributed by atoms with E-state index in [1.165, 1.54) is 0 Å². The van der Waals surface area contributed by atoms with Crippen molar-refractivity contribution in [2.75, 3.05) is 19.7 Å². The van der Waals surface area contributed by atoms with Gasteiger partial charge in [0.2, 0.25) is 0 Å². The van der Waals surface area contributed by atoms with E-state index >= 15 is 0 Å². The van der Waals surface area contributed by atoms with E-state index < -0.39 is 46.4 Å². The molecule has 9 nitrogen and oxygen atoms in total. The number of carbonyl (C=O) groups is 2. The van der Waals surface area contributed by atoms with Gasteiger partial charge in [-0.1, -0.05) is 6.92 Å². The third kappa shape index (κ3) is 3.56. The fourth-order valence-corrected chi connectivity index (χ4v) is 9.45. The van der Waals surface area contributed by atoms with Crippen molar-refractivity contribution in [3.8, 4) is 0 Å². The maximum atomic E-state index is 12.7. The number of fused-ring (bicyclic) bond motifs is 5. The summed E-state index contributed by atoms with van der Waals surface area (Å²) >= 11 is 0. The third-order valence-electron chi connectivity index (χ3n) is 11.4. The fraction of sp³-hybridized carbons (Fsp3) is 0.857. The highest BCUT2D eigenvalue weighted by Gasteiger charge is 2.73. The molecule has 4 saturated carbocycles. The molecule has 4 aliphatic carbocycles. The molecule has 0 bridgehead atoms. The zero-order valence-corrected chi connectivity index (χ0v) is 21.7. The molecule has 0 radical (unpaired) electrons. The Balaban J connectivity index is 1.22. The molecule has 37 heavy (non-hydrogen) atoms. The van der Waals surface area contributed by atoms with Crippen molar-refractivity contribution in [2.45, 2.75) is 107 Å². The summed E-state index contributed by atoms with van der Waals surface area (Å²) in [5, 5.41) is 47.5. The van der Waals surface area contributed by atoms with Gasteiger partial charge < -0.3 is 34.8 Å². The minimum Gasteiger partial charge on any atom is -0.458 e. The maximum absolute atomic E-state index is 12.7. The Morgan fingerprint density at radius 2 is 1.78 bits per heavy atom. The van der Waals surface area contributed by atoms with Crippen LogP contribution in [0.25, 0.3) is 0 Å². The molecular formula is C28H41NO8. The number of cyclic esters (lactones) is 1. The lowest BCUT2D eigenvalue weighted by atomic mass is 9.44. The Labute approximate surface area is 217 Å². The van der Waals surface area contributed by atoms with Gasteiger partial charge in [-0.2, -0.15) is 0 Å². The predicted molar refractivity (Wildman–Crippen MR) is 131 cm³/mol. The zero-order valence-electron chi connectivity index (χ0n) is 21.7. The molecule has 1 saturated heterocycles. The van der Waals surface area contributed by atoms with E-state index in [9.17, 15) is 30.0 Å². The van der Waals surface area contributed by atoms with E-state index in [2.05, 4.69) is 6.92 Å². The summed E-state index contributed by atoms with van der Waals surface area (Å²) in [6.07, 6.45) is 5.49. The van der Waals surface area contributed by atoms with E-state index in [4.69, 9.17) is 9.47 Å². The summed E-state index contributed by atoms with van der Waals surface area (Å²) < 4.78 is 10.9. The van der Waals surface area contributed by atoms with Crippen LogP contribution in [0.15, 0.2) is 11.6 Å². The van der Waals surface area contributed by atoms with Gasteiger partial charge in [0.1, 0.15) is 18.3 Å².